The van der Waals surface area contributed by atoms with Gasteiger partial charge in [0.25, 0.3) is 5.91 Å². The highest BCUT2D eigenvalue weighted by Crippen LogP contribution is 2.39. The van der Waals surface area contributed by atoms with E-state index in [2.05, 4.69) is 26.6 Å². The second-order valence-electron chi connectivity index (χ2n) is 4.94. The van der Waals surface area contributed by atoms with Gasteiger partial charge in [0.15, 0.2) is 0 Å². The SMILES string of the molecule is N=C1/C(=C2/C(=O)Nc3cc(Br)ccc32)Nc2ccccc21. The van der Waals surface area contributed by atoms with E-state index in [1.807, 2.05) is 42.5 Å². The van der Waals surface area contributed by atoms with Crippen LogP contribution in [0, 0.1) is 5.41 Å². The van der Waals surface area contributed by atoms with Gasteiger partial charge in [0.1, 0.15) is 0 Å². The van der Waals surface area contributed by atoms with E-state index in [1.54, 1.807) is 0 Å². The highest BCUT2D eigenvalue weighted by Gasteiger charge is 2.32. The number of carbonyl (C=O) groups is 1. The van der Waals surface area contributed by atoms with E-state index in [-0.39, 0.29) is 5.91 Å². The summed E-state index contributed by atoms with van der Waals surface area (Å²) < 4.78 is 0.908. The number of nitrogens with one attached hydrogen (secondary N) is 3. The summed E-state index contributed by atoms with van der Waals surface area (Å²) in [6.45, 7) is 0. The predicted molar refractivity (Wildman–Crippen MR) is 86.6 cm³/mol. The van der Waals surface area contributed by atoms with Gasteiger partial charge in [-0.3, -0.25) is 10.2 Å². The van der Waals surface area contributed by atoms with Crippen molar-refractivity contribution in [3.05, 3.63) is 63.8 Å². The van der Waals surface area contributed by atoms with Crippen molar-refractivity contribution < 1.29 is 4.79 Å². The van der Waals surface area contributed by atoms with Gasteiger partial charge in [0.2, 0.25) is 0 Å². The van der Waals surface area contributed by atoms with Crippen LogP contribution in [-0.4, -0.2) is 11.6 Å². The molecule has 2 aromatic carbocycles. The molecule has 1 amide bonds. The topological polar surface area (TPSA) is 65.0 Å². The maximum Gasteiger partial charge on any atom is 0.258 e. The lowest BCUT2D eigenvalue weighted by atomic mass is 10.0. The minimum atomic E-state index is -0.178. The van der Waals surface area contributed by atoms with E-state index < -0.39 is 0 Å². The minimum Gasteiger partial charge on any atom is -0.353 e. The van der Waals surface area contributed by atoms with Gasteiger partial charge in [-0.05, 0) is 18.2 Å². The molecule has 0 unspecified atom stereocenters. The average molecular weight is 340 g/mol. The van der Waals surface area contributed by atoms with Crippen LogP contribution in [0.5, 0.6) is 0 Å². The Morgan fingerprint density at radius 3 is 2.57 bits per heavy atom. The van der Waals surface area contributed by atoms with Crippen LogP contribution in [0.4, 0.5) is 11.4 Å². The fourth-order valence-corrected chi connectivity index (χ4v) is 3.08. The Kier molecular flexibility index (Phi) is 2.53. The Labute approximate surface area is 129 Å². The Morgan fingerprint density at radius 1 is 0.952 bits per heavy atom. The number of halogens is 1. The summed E-state index contributed by atoms with van der Waals surface area (Å²) in [5.41, 5.74) is 4.72. The number of hydrogen-bond donors (Lipinski definition) is 3. The number of hydrogen-bond acceptors (Lipinski definition) is 3. The molecular formula is C16H10BrN3O. The molecule has 0 bridgehead atoms. The molecule has 2 aliphatic rings. The van der Waals surface area contributed by atoms with Crippen LogP contribution in [-0.2, 0) is 4.79 Å². The number of benzene rings is 2. The van der Waals surface area contributed by atoms with Crippen molar-refractivity contribution in [2.75, 3.05) is 10.6 Å². The lowest BCUT2D eigenvalue weighted by Crippen LogP contribution is -2.11. The molecular weight excluding hydrogens is 330 g/mol. The summed E-state index contributed by atoms with van der Waals surface area (Å²) in [6, 6.07) is 13.2. The van der Waals surface area contributed by atoms with Crippen LogP contribution in [0.25, 0.3) is 5.57 Å². The minimum absolute atomic E-state index is 0.178. The number of carbonyl (C=O) groups excluding carboxylic acids is 1. The fraction of sp³-hybridized carbons (Fsp3) is 0. The maximum absolute atomic E-state index is 12.3. The van der Waals surface area contributed by atoms with E-state index >= 15 is 0 Å². The molecule has 0 spiro atoms. The van der Waals surface area contributed by atoms with Crippen molar-refractivity contribution in [2.24, 2.45) is 0 Å². The van der Waals surface area contributed by atoms with Gasteiger partial charge >= 0.3 is 0 Å². The van der Waals surface area contributed by atoms with Crippen molar-refractivity contribution in [1.29, 1.82) is 5.41 Å². The summed E-state index contributed by atoms with van der Waals surface area (Å²) in [7, 11) is 0. The zero-order valence-electron chi connectivity index (χ0n) is 10.8. The van der Waals surface area contributed by atoms with Gasteiger partial charge in [-0.2, -0.15) is 0 Å². The Balaban J connectivity index is 1.92. The normalized spacial score (nSPS) is 19.1. The molecule has 21 heavy (non-hydrogen) atoms. The molecule has 2 aromatic rings. The standard InChI is InChI=1S/C16H10BrN3O/c17-8-5-6-9-12(7-8)20-16(21)13(9)15-14(18)10-3-1-2-4-11(10)19-15/h1-7,18-19H,(H,20,21)/b15-13-,18-14?. The summed E-state index contributed by atoms with van der Waals surface area (Å²) in [5, 5.41) is 14.4. The molecule has 2 heterocycles. The Hall–Kier alpha value is -2.40. The van der Waals surface area contributed by atoms with Crippen LogP contribution in [0.2, 0.25) is 0 Å². The third-order valence-corrected chi connectivity index (χ3v) is 4.18. The van der Waals surface area contributed by atoms with Gasteiger partial charge in [-0.15, -0.1) is 0 Å². The second-order valence-corrected chi connectivity index (χ2v) is 5.86. The lowest BCUT2D eigenvalue weighted by Gasteiger charge is -2.05. The Morgan fingerprint density at radius 2 is 1.76 bits per heavy atom. The average Bonchev–Trinajstić information content (AvgIpc) is 2.95. The van der Waals surface area contributed by atoms with Crippen LogP contribution in [0.15, 0.2) is 52.6 Å². The van der Waals surface area contributed by atoms with Crippen molar-refractivity contribution in [3.63, 3.8) is 0 Å². The molecule has 0 aromatic heterocycles. The third kappa shape index (κ3) is 1.74. The zero-order chi connectivity index (χ0) is 14.6. The molecule has 4 nitrogen and oxygen atoms in total. The molecule has 0 atom stereocenters. The first kappa shape index (κ1) is 12.3. The summed E-state index contributed by atoms with van der Waals surface area (Å²) >= 11 is 3.40. The van der Waals surface area contributed by atoms with Gasteiger partial charge in [0.05, 0.1) is 22.7 Å². The van der Waals surface area contributed by atoms with E-state index in [1.165, 1.54) is 0 Å². The lowest BCUT2D eigenvalue weighted by molar-refractivity contribution is -0.110. The molecule has 3 N–H and O–H groups in total. The number of anilines is 2. The smallest absolute Gasteiger partial charge is 0.258 e. The van der Waals surface area contributed by atoms with Gasteiger partial charge in [0, 0.05) is 21.3 Å². The number of amides is 1. The largest absolute Gasteiger partial charge is 0.353 e. The van der Waals surface area contributed by atoms with Crippen molar-refractivity contribution in [3.8, 4) is 0 Å². The van der Waals surface area contributed by atoms with Gasteiger partial charge in [-0.25, -0.2) is 0 Å². The summed E-state index contributed by atoms with van der Waals surface area (Å²) in [5.74, 6) is -0.178. The fourth-order valence-electron chi connectivity index (χ4n) is 2.72. The highest BCUT2D eigenvalue weighted by atomic mass is 79.9. The first-order valence-electron chi connectivity index (χ1n) is 6.46. The quantitative estimate of drug-likeness (QED) is 0.642. The third-order valence-electron chi connectivity index (χ3n) is 3.68. The number of allylic oxidation sites excluding steroid dienone is 1. The maximum atomic E-state index is 12.3. The molecule has 5 heteroatoms. The first-order valence-corrected chi connectivity index (χ1v) is 7.25. The molecule has 0 radical (unpaired) electrons. The van der Waals surface area contributed by atoms with E-state index in [9.17, 15) is 4.79 Å². The molecule has 102 valence electrons. The van der Waals surface area contributed by atoms with Crippen LogP contribution in [0.1, 0.15) is 11.1 Å². The molecule has 0 saturated carbocycles. The molecule has 0 aliphatic carbocycles. The van der Waals surface area contributed by atoms with Crippen LogP contribution in [0.3, 0.4) is 0 Å². The zero-order valence-corrected chi connectivity index (χ0v) is 12.4. The molecule has 0 fully saturated rings. The molecule has 0 saturated heterocycles. The number of fused-ring (bicyclic) bond motifs is 2. The van der Waals surface area contributed by atoms with Crippen molar-refractivity contribution in [1.82, 2.24) is 0 Å². The van der Waals surface area contributed by atoms with Crippen molar-refractivity contribution in [2.45, 2.75) is 0 Å². The van der Waals surface area contributed by atoms with Crippen LogP contribution >= 0.6 is 15.9 Å². The predicted octanol–water partition coefficient (Wildman–Crippen LogP) is 3.61. The van der Waals surface area contributed by atoms with Crippen LogP contribution < -0.4 is 10.6 Å². The Bertz CT molecular complexity index is 854. The first-order chi connectivity index (χ1) is 10.1. The van der Waals surface area contributed by atoms with Gasteiger partial charge < -0.3 is 10.6 Å². The molecule has 2 aliphatic heterocycles. The number of para-hydroxylation sites is 1. The van der Waals surface area contributed by atoms with E-state index in [0.29, 0.717) is 17.0 Å². The number of rotatable bonds is 0. The second kappa shape index (κ2) is 4.30. The van der Waals surface area contributed by atoms with E-state index in [4.69, 9.17) is 5.41 Å². The van der Waals surface area contributed by atoms with Crippen molar-refractivity contribution >= 4 is 44.5 Å². The molecule has 4 rings (SSSR count). The highest BCUT2D eigenvalue weighted by molar-refractivity contribution is 9.10. The summed E-state index contributed by atoms with van der Waals surface area (Å²) in [4.78, 5) is 12.3. The van der Waals surface area contributed by atoms with E-state index in [0.717, 1.165) is 27.0 Å². The summed E-state index contributed by atoms with van der Waals surface area (Å²) in [6.07, 6.45) is 0. The van der Waals surface area contributed by atoms with Gasteiger partial charge in [-0.1, -0.05) is 40.2 Å². The monoisotopic (exact) mass is 339 g/mol.